The SMILES string of the molecule is CN1C(=O)C23C[C@]4([C@]56C[C@@]78SS[C@@](C)(C(=O)N7[C@H]5Nc5ccccc56)N(C)C8=O)c5ccccc5N[C@@H]4N2C(=O)C1(C)SS3. The first-order valence-electron chi connectivity index (χ1n) is 14.6. The molecule has 2 N–H and O–H groups in total. The van der Waals surface area contributed by atoms with Crippen LogP contribution in [0.1, 0.15) is 37.8 Å². The van der Waals surface area contributed by atoms with E-state index in [9.17, 15) is 19.2 Å². The topological polar surface area (TPSA) is 105 Å². The number of nitrogens with one attached hydrogen (secondary N) is 2. The lowest BCUT2D eigenvalue weighted by Crippen LogP contribution is -2.75. The molecule has 12 rings (SSSR count). The Kier molecular flexibility index (Phi) is 4.51. The van der Waals surface area contributed by atoms with Crippen LogP contribution in [-0.2, 0) is 30.0 Å². The highest BCUT2D eigenvalue weighted by Gasteiger charge is 2.87. The molecule has 10 aliphatic heterocycles. The number of piperazine rings is 2. The Labute approximate surface area is 269 Å². The van der Waals surface area contributed by atoms with E-state index in [1.54, 1.807) is 23.9 Å². The van der Waals surface area contributed by atoms with Gasteiger partial charge in [0.15, 0.2) is 19.5 Å². The molecular formula is C30H28N6O4S4. The normalized spacial score (nSPS) is 45.2. The number of rotatable bonds is 1. The lowest BCUT2D eigenvalue weighted by Gasteiger charge is -2.57. The van der Waals surface area contributed by atoms with Crippen LogP contribution in [0.4, 0.5) is 11.4 Å². The zero-order valence-corrected chi connectivity index (χ0v) is 27.5. The highest BCUT2D eigenvalue weighted by molar-refractivity contribution is 8.78. The molecular weight excluding hydrogens is 637 g/mol. The molecule has 14 heteroatoms. The zero-order valence-electron chi connectivity index (χ0n) is 24.2. The van der Waals surface area contributed by atoms with Gasteiger partial charge < -0.3 is 20.4 Å². The second-order valence-electron chi connectivity index (χ2n) is 13.4. The standard InChI is InChI=1S/C30H28N6O4S4/c1-25-21(37)35-19-27(15-9-5-7-11-17(15)31-19,13-29(35,43-41-25)23(39)33(25)3)28-14-30-24(40)34(4)26(2,42-44-30)22(38)36(30)20(28)32-18-12-8-6-10-16(18)28/h5-12,19-20,31-32H,13-14H2,1-4H3/t19-,20-,25+,26?,27+,28+,29+,30?/m1/s1. The van der Waals surface area contributed by atoms with Crippen molar-refractivity contribution in [2.24, 2.45) is 0 Å². The minimum atomic E-state index is -1.14. The first kappa shape index (κ1) is 26.5. The van der Waals surface area contributed by atoms with Crippen molar-refractivity contribution in [2.45, 2.75) is 69.3 Å². The van der Waals surface area contributed by atoms with Gasteiger partial charge in [-0.1, -0.05) is 79.6 Å². The van der Waals surface area contributed by atoms with E-state index < -0.39 is 42.6 Å². The Morgan fingerprint density at radius 3 is 1.41 bits per heavy atom. The summed E-state index contributed by atoms with van der Waals surface area (Å²) >= 11 is 0. The number of amides is 4. The summed E-state index contributed by atoms with van der Waals surface area (Å²) in [4.78, 5) is 60.7. The summed E-state index contributed by atoms with van der Waals surface area (Å²) in [5.74, 6) is -0.353. The fourth-order valence-corrected chi connectivity index (χ4v) is 16.7. The molecule has 4 amide bonds. The third-order valence-corrected chi connectivity index (χ3v) is 19.3. The van der Waals surface area contributed by atoms with Crippen LogP contribution >= 0.6 is 43.2 Å². The molecule has 0 aliphatic carbocycles. The van der Waals surface area contributed by atoms with Crippen LogP contribution in [0.15, 0.2) is 48.5 Å². The van der Waals surface area contributed by atoms with Gasteiger partial charge >= 0.3 is 0 Å². The van der Waals surface area contributed by atoms with Crippen LogP contribution in [-0.4, -0.2) is 89.1 Å². The number of anilines is 2. The van der Waals surface area contributed by atoms with Crippen molar-refractivity contribution in [3.8, 4) is 0 Å². The Balaban J connectivity index is 1.31. The third kappa shape index (κ3) is 2.30. The van der Waals surface area contributed by atoms with Crippen LogP contribution < -0.4 is 10.6 Å². The second-order valence-corrected chi connectivity index (χ2v) is 19.0. The fourth-order valence-electron chi connectivity index (χ4n) is 9.67. The van der Waals surface area contributed by atoms with E-state index in [2.05, 4.69) is 22.8 Å². The Hall–Kier alpha value is -2.68. The maximum atomic E-state index is 14.6. The van der Waals surface area contributed by atoms with Crippen molar-refractivity contribution in [3.05, 3.63) is 59.7 Å². The van der Waals surface area contributed by atoms with Crippen molar-refractivity contribution in [3.63, 3.8) is 0 Å². The first-order valence-corrected chi connectivity index (χ1v) is 18.9. The number of para-hydroxylation sites is 2. The molecule has 8 saturated heterocycles. The lowest BCUT2D eigenvalue weighted by molar-refractivity contribution is -0.163. The Morgan fingerprint density at radius 2 is 1.00 bits per heavy atom. The van der Waals surface area contributed by atoms with Crippen molar-refractivity contribution < 1.29 is 19.2 Å². The van der Waals surface area contributed by atoms with Gasteiger partial charge in [-0.2, -0.15) is 0 Å². The maximum absolute atomic E-state index is 14.6. The number of benzene rings is 2. The average Bonchev–Trinajstić information content (AvgIpc) is 3.70. The smallest absolute Gasteiger partial charge is 0.262 e. The van der Waals surface area contributed by atoms with Crippen molar-refractivity contribution in [1.29, 1.82) is 0 Å². The van der Waals surface area contributed by atoms with Crippen LogP contribution in [0.25, 0.3) is 0 Å². The van der Waals surface area contributed by atoms with Gasteiger partial charge in [0.1, 0.15) is 12.3 Å². The molecule has 2 spiro atoms. The molecule has 0 saturated carbocycles. The molecule has 0 aromatic heterocycles. The van der Waals surface area contributed by atoms with Gasteiger partial charge in [0, 0.05) is 38.3 Å². The van der Waals surface area contributed by atoms with E-state index in [1.165, 1.54) is 43.2 Å². The predicted molar refractivity (Wildman–Crippen MR) is 172 cm³/mol. The maximum Gasteiger partial charge on any atom is 0.262 e. The summed E-state index contributed by atoms with van der Waals surface area (Å²) in [6.07, 6.45) is -0.444. The number of hydrogen-bond donors (Lipinski definition) is 2. The van der Waals surface area contributed by atoms with E-state index in [-0.39, 0.29) is 23.6 Å². The van der Waals surface area contributed by atoms with Crippen molar-refractivity contribution in [2.75, 3.05) is 24.7 Å². The highest BCUT2D eigenvalue weighted by Crippen LogP contribution is 2.78. The molecule has 10 aliphatic rings. The largest absolute Gasteiger partial charge is 0.364 e. The van der Waals surface area contributed by atoms with Gasteiger partial charge in [-0.25, -0.2) is 0 Å². The summed E-state index contributed by atoms with van der Waals surface area (Å²) in [6.45, 7) is 3.66. The molecule has 226 valence electrons. The van der Waals surface area contributed by atoms with Gasteiger partial charge in [-0.15, -0.1) is 0 Å². The summed E-state index contributed by atoms with van der Waals surface area (Å²) < 4.78 is 0. The third-order valence-electron chi connectivity index (χ3n) is 11.9. The van der Waals surface area contributed by atoms with Crippen molar-refractivity contribution in [1.82, 2.24) is 19.6 Å². The molecule has 2 unspecified atom stereocenters. The molecule has 44 heavy (non-hydrogen) atoms. The number of fused-ring (bicyclic) bond motifs is 11. The van der Waals surface area contributed by atoms with Gasteiger partial charge in [0.25, 0.3) is 23.6 Å². The molecule has 10 nitrogen and oxygen atoms in total. The lowest BCUT2D eigenvalue weighted by atomic mass is 9.54. The first-order chi connectivity index (χ1) is 20.9. The summed E-state index contributed by atoms with van der Waals surface area (Å²) in [5, 5.41) is 7.50. The number of hydrogen-bond acceptors (Lipinski definition) is 10. The van der Waals surface area contributed by atoms with E-state index >= 15 is 0 Å². The molecule has 10 heterocycles. The van der Waals surface area contributed by atoms with Crippen LogP contribution in [0.5, 0.6) is 0 Å². The number of carbonyl (C=O) groups is 4. The predicted octanol–water partition coefficient (Wildman–Crippen LogP) is 3.39. The second kappa shape index (κ2) is 7.48. The Bertz CT molecular complexity index is 1700. The van der Waals surface area contributed by atoms with Crippen LogP contribution in [0, 0.1) is 0 Å². The molecule has 4 bridgehead atoms. The van der Waals surface area contributed by atoms with E-state index in [1.807, 2.05) is 60.0 Å². The zero-order chi connectivity index (χ0) is 30.4. The quantitative estimate of drug-likeness (QED) is 0.441. The monoisotopic (exact) mass is 664 g/mol. The summed E-state index contributed by atoms with van der Waals surface area (Å²) in [6, 6.07) is 16.3. The van der Waals surface area contributed by atoms with Gasteiger partial charge in [-0.05, 0) is 37.1 Å². The van der Waals surface area contributed by atoms with E-state index in [0.29, 0.717) is 12.8 Å². The van der Waals surface area contributed by atoms with Crippen LogP contribution in [0.3, 0.4) is 0 Å². The Morgan fingerprint density at radius 1 is 0.614 bits per heavy atom. The van der Waals surface area contributed by atoms with E-state index in [4.69, 9.17) is 0 Å². The molecule has 8 fully saturated rings. The molecule has 2 aromatic carbocycles. The highest BCUT2D eigenvalue weighted by atomic mass is 33.1. The van der Waals surface area contributed by atoms with Gasteiger partial charge in [0.05, 0.1) is 10.8 Å². The molecule has 2 aromatic rings. The number of carbonyl (C=O) groups excluding carboxylic acids is 4. The molecule has 0 radical (unpaired) electrons. The van der Waals surface area contributed by atoms with Gasteiger partial charge in [0.2, 0.25) is 0 Å². The minimum absolute atomic E-state index is 0.0808. The van der Waals surface area contributed by atoms with Gasteiger partial charge in [-0.3, -0.25) is 29.0 Å². The fraction of sp³-hybridized carbons (Fsp3) is 0.467. The number of nitrogens with zero attached hydrogens (tertiary/aromatic N) is 4. The average molecular weight is 665 g/mol. The minimum Gasteiger partial charge on any atom is -0.364 e. The molecule has 8 atom stereocenters. The van der Waals surface area contributed by atoms with Crippen molar-refractivity contribution >= 4 is 78.2 Å². The number of likely N-dealkylation sites (N-methyl/N-ethyl adjacent to an activating group) is 2. The summed E-state index contributed by atoms with van der Waals surface area (Å²) in [5.41, 5.74) is 2.14. The van der Waals surface area contributed by atoms with E-state index in [0.717, 1.165) is 22.5 Å². The summed E-state index contributed by atoms with van der Waals surface area (Å²) in [7, 11) is 9.36. The van der Waals surface area contributed by atoms with Crippen LogP contribution in [0.2, 0.25) is 0 Å².